The Morgan fingerprint density at radius 2 is 1.97 bits per heavy atom. The zero-order valence-electron chi connectivity index (χ0n) is 15.7. The number of nitrogens with zero attached hydrogens (tertiary/aromatic N) is 4. The smallest absolute Gasteiger partial charge is 0.134 e. The van der Waals surface area contributed by atoms with Crippen LogP contribution in [0, 0.1) is 0 Å². The first-order valence-electron chi connectivity index (χ1n) is 9.46. The highest BCUT2D eigenvalue weighted by Crippen LogP contribution is 2.31. The van der Waals surface area contributed by atoms with Gasteiger partial charge in [-0.25, -0.2) is 4.98 Å². The molecule has 2 N–H and O–H groups in total. The van der Waals surface area contributed by atoms with E-state index < -0.39 is 0 Å². The van der Waals surface area contributed by atoms with E-state index in [1.165, 1.54) is 6.20 Å². The van der Waals surface area contributed by atoms with Crippen molar-refractivity contribution in [2.45, 2.75) is 6.54 Å². The van der Waals surface area contributed by atoms with Crippen LogP contribution in [0.15, 0.2) is 70.7 Å². The van der Waals surface area contributed by atoms with Gasteiger partial charge in [-0.3, -0.25) is 15.0 Å². The maximum absolute atomic E-state index is 9.76. The predicted molar refractivity (Wildman–Crippen MR) is 118 cm³/mol. The van der Waals surface area contributed by atoms with E-state index in [9.17, 15) is 5.11 Å². The lowest BCUT2D eigenvalue weighted by Gasteiger charge is -2.06. The van der Waals surface area contributed by atoms with Gasteiger partial charge in [-0.15, -0.1) is 0 Å². The molecule has 0 fully saturated rings. The highest BCUT2D eigenvalue weighted by Gasteiger charge is 2.22. The number of rotatable bonds is 3. The molecule has 6 nitrogen and oxygen atoms in total. The summed E-state index contributed by atoms with van der Waals surface area (Å²) < 4.78 is 0. The van der Waals surface area contributed by atoms with Crippen molar-refractivity contribution in [1.29, 1.82) is 0 Å². The number of aliphatic imine (C=N–C) groups is 1. The number of aromatic nitrogens is 4. The Kier molecular flexibility index (Phi) is 3.75. The minimum atomic E-state index is 0.118. The molecule has 0 saturated heterocycles. The predicted octanol–water partition coefficient (Wildman–Crippen LogP) is 4.81. The molecule has 0 amide bonds. The summed E-state index contributed by atoms with van der Waals surface area (Å²) in [6.07, 6.45) is 4.93. The van der Waals surface area contributed by atoms with Gasteiger partial charge >= 0.3 is 0 Å². The first kappa shape index (κ1) is 17.1. The summed E-state index contributed by atoms with van der Waals surface area (Å²) in [7, 11) is 0. The van der Waals surface area contributed by atoms with Crippen LogP contribution in [0.3, 0.4) is 0 Å². The first-order chi connectivity index (χ1) is 14.8. The summed E-state index contributed by atoms with van der Waals surface area (Å²) in [4.78, 5) is 21.7. The van der Waals surface area contributed by atoms with Gasteiger partial charge in [0, 0.05) is 45.4 Å². The summed E-state index contributed by atoms with van der Waals surface area (Å²) >= 11 is 1.66. The van der Waals surface area contributed by atoms with E-state index in [0.717, 1.165) is 56.1 Å². The molecule has 1 aliphatic heterocycles. The van der Waals surface area contributed by atoms with E-state index in [-0.39, 0.29) is 5.75 Å². The maximum atomic E-state index is 9.76. The van der Waals surface area contributed by atoms with E-state index >= 15 is 0 Å². The Morgan fingerprint density at radius 1 is 1.00 bits per heavy atom. The minimum absolute atomic E-state index is 0.118. The molecule has 0 bridgehead atoms. The fourth-order valence-electron chi connectivity index (χ4n) is 3.81. The molecule has 0 aliphatic carbocycles. The van der Waals surface area contributed by atoms with Gasteiger partial charge in [0.1, 0.15) is 11.5 Å². The third-order valence-corrected chi connectivity index (χ3v) is 5.91. The Bertz CT molecular complexity index is 1440. The molecule has 30 heavy (non-hydrogen) atoms. The van der Waals surface area contributed by atoms with Crippen LogP contribution in [0.1, 0.15) is 17.0 Å². The molecule has 6 heterocycles. The quantitative estimate of drug-likeness (QED) is 0.448. The van der Waals surface area contributed by atoms with Crippen LogP contribution in [0.25, 0.3) is 33.4 Å². The van der Waals surface area contributed by atoms with Gasteiger partial charge in [0.15, 0.2) is 0 Å². The van der Waals surface area contributed by atoms with Crippen molar-refractivity contribution >= 4 is 28.0 Å². The molecule has 0 aromatic carbocycles. The molecule has 5 aromatic heterocycles. The van der Waals surface area contributed by atoms with Crippen LogP contribution in [0.4, 0.5) is 0 Å². The lowest BCUT2D eigenvalue weighted by atomic mass is 10.1. The van der Waals surface area contributed by atoms with E-state index in [2.05, 4.69) is 37.8 Å². The first-order valence-corrected chi connectivity index (χ1v) is 10.4. The molecule has 144 valence electrons. The van der Waals surface area contributed by atoms with Gasteiger partial charge in [-0.05, 0) is 35.7 Å². The van der Waals surface area contributed by atoms with Gasteiger partial charge in [0.25, 0.3) is 0 Å². The zero-order valence-corrected chi connectivity index (χ0v) is 16.5. The minimum Gasteiger partial charge on any atom is -0.506 e. The van der Waals surface area contributed by atoms with E-state index in [4.69, 9.17) is 9.98 Å². The second-order valence-corrected chi connectivity index (χ2v) is 7.90. The maximum Gasteiger partial charge on any atom is 0.134 e. The fraction of sp³-hybridized carbons (Fsp3) is 0.0435. The number of fused-ring (bicyclic) bond motifs is 2. The highest BCUT2D eigenvalue weighted by atomic mass is 32.1. The monoisotopic (exact) mass is 409 g/mol. The molecule has 1 aliphatic rings. The molecule has 0 saturated carbocycles. The van der Waals surface area contributed by atoms with Gasteiger partial charge in [-0.1, -0.05) is 6.07 Å². The van der Waals surface area contributed by atoms with Gasteiger partial charge in [0.05, 0.1) is 35.5 Å². The number of hydrogen-bond donors (Lipinski definition) is 2. The third kappa shape index (κ3) is 2.71. The standard InChI is InChI=1S/C23H15N5OS/c29-16-7-15(9-24-11-16)18-2-1-13-10-26-23(22(13)28-18)20-8-17-19(27-20)3-5-25-21(17)14-4-6-30-12-14/h1-9,11-12,27,29H,10H2. The van der Waals surface area contributed by atoms with Crippen LogP contribution in [0.2, 0.25) is 0 Å². The van der Waals surface area contributed by atoms with Crippen LogP contribution in [-0.4, -0.2) is 30.8 Å². The number of pyridine rings is 3. The van der Waals surface area contributed by atoms with Crippen molar-refractivity contribution < 1.29 is 5.11 Å². The van der Waals surface area contributed by atoms with Crippen LogP contribution >= 0.6 is 11.3 Å². The largest absolute Gasteiger partial charge is 0.506 e. The molecule has 0 unspecified atom stereocenters. The third-order valence-electron chi connectivity index (χ3n) is 5.23. The van der Waals surface area contributed by atoms with E-state index in [1.807, 2.05) is 24.4 Å². The summed E-state index contributed by atoms with van der Waals surface area (Å²) in [6.45, 7) is 0.598. The number of H-pyrrole nitrogens is 1. The van der Waals surface area contributed by atoms with Crippen molar-refractivity contribution in [2.75, 3.05) is 0 Å². The van der Waals surface area contributed by atoms with Crippen molar-refractivity contribution in [2.24, 2.45) is 4.99 Å². The topological polar surface area (TPSA) is 87.0 Å². The average molecular weight is 409 g/mol. The zero-order chi connectivity index (χ0) is 20.1. The Hall–Kier alpha value is -3.84. The SMILES string of the molecule is Oc1cncc(-c2ccc3c(n2)C(c2cc4c(-c5ccsc5)nccc4[nH]2)=NC3)c1. The van der Waals surface area contributed by atoms with Gasteiger partial charge < -0.3 is 10.1 Å². The van der Waals surface area contributed by atoms with Crippen molar-refractivity contribution in [3.05, 3.63) is 82.7 Å². The van der Waals surface area contributed by atoms with Gasteiger partial charge in [0.2, 0.25) is 0 Å². The number of aromatic amines is 1. The second-order valence-electron chi connectivity index (χ2n) is 7.12. The Balaban J connectivity index is 1.46. The van der Waals surface area contributed by atoms with E-state index in [1.54, 1.807) is 23.6 Å². The van der Waals surface area contributed by atoms with Crippen LogP contribution in [-0.2, 0) is 6.54 Å². The molecule has 0 radical (unpaired) electrons. The molecule has 5 aromatic rings. The number of thiophene rings is 1. The fourth-order valence-corrected chi connectivity index (χ4v) is 4.45. The molecule has 7 heteroatoms. The van der Waals surface area contributed by atoms with Crippen molar-refractivity contribution in [1.82, 2.24) is 19.9 Å². The summed E-state index contributed by atoms with van der Waals surface area (Å²) in [5.41, 5.74) is 8.31. The van der Waals surface area contributed by atoms with E-state index in [0.29, 0.717) is 6.54 Å². The summed E-state index contributed by atoms with van der Waals surface area (Å²) in [6, 6.07) is 11.8. The lowest BCUT2D eigenvalue weighted by Crippen LogP contribution is -2.05. The normalized spacial score (nSPS) is 12.9. The number of nitrogens with one attached hydrogen (secondary N) is 1. The highest BCUT2D eigenvalue weighted by molar-refractivity contribution is 7.08. The van der Waals surface area contributed by atoms with Crippen LogP contribution in [0.5, 0.6) is 5.75 Å². The second kappa shape index (κ2) is 6.60. The number of hydrogen-bond acceptors (Lipinski definition) is 6. The molecular formula is C23H15N5OS. The Morgan fingerprint density at radius 3 is 2.83 bits per heavy atom. The Labute approximate surface area is 175 Å². The lowest BCUT2D eigenvalue weighted by molar-refractivity contribution is 0.473. The molecule has 0 spiro atoms. The van der Waals surface area contributed by atoms with Crippen molar-refractivity contribution in [3.8, 4) is 28.3 Å². The number of aromatic hydroxyl groups is 1. The molecule has 6 rings (SSSR count). The average Bonchev–Trinajstić information content (AvgIpc) is 3.51. The van der Waals surface area contributed by atoms with Crippen LogP contribution < -0.4 is 0 Å². The molecular weight excluding hydrogens is 394 g/mol. The summed E-state index contributed by atoms with van der Waals surface area (Å²) in [5.74, 6) is 0.118. The van der Waals surface area contributed by atoms with Gasteiger partial charge in [-0.2, -0.15) is 11.3 Å². The molecule has 0 atom stereocenters. The summed E-state index contributed by atoms with van der Waals surface area (Å²) in [5, 5.41) is 15.0. The van der Waals surface area contributed by atoms with Crippen molar-refractivity contribution in [3.63, 3.8) is 0 Å².